The first kappa shape index (κ1) is 13.9. The Balaban J connectivity index is 1.74. The average molecular weight is 305 g/mol. The molecule has 0 aliphatic rings. The molecule has 0 fully saturated rings. The molecule has 0 aliphatic carbocycles. The number of rotatable bonds is 4. The predicted octanol–water partition coefficient (Wildman–Crippen LogP) is 3.84. The minimum atomic E-state index is -0.588. The molecule has 0 amide bonds. The van der Waals surface area contributed by atoms with Gasteiger partial charge in [-0.25, -0.2) is 13.8 Å². The van der Waals surface area contributed by atoms with Crippen LogP contribution in [-0.2, 0) is 13.0 Å². The van der Waals surface area contributed by atoms with Gasteiger partial charge in [-0.05, 0) is 25.1 Å². The van der Waals surface area contributed by atoms with Crippen molar-refractivity contribution in [2.45, 2.75) is 19.9 Å². The van der Waals surface area contributed by atoms with Gasteiger partial charge in [-0.3, -0.25) is 4.68 Å². The molecule has 0 spiro atoms. The van der Waals surface area contributed by atoms with Gasteiger partial charge in [-0.1, -0.05) is 0 Å². The number of benzene rings is 1. The molecule has 6 heteroatoms. The van der Waals surface area contributed by atoms with Gasteiger partial charge in [-0.2, -0.15) is 5.10 Å². The second-order valence-corrected chi connectivity index (χ2v) is 5.66. The molecular formula is C15H13F2N3S. The van der Waals surface area contributed by atoms with Crippen LogP contribution in [0.5, 0.6) is 0 Å². The molecule has 3 aromatic rings. The zero-order chi connectivity index (χ0) is 14.8. The van der Waals surface area contributed by atoms with Crippen molar-refractivity contribution in [3.05, 3.63) is 58.2 Å². The number of aryl methyl sites for hydroxylation is 3. The van der Waals surface area contributed by atoms with Gasteiger partial charge in [0.15, 0.2) is 0 Å². The van der Waals surface area contributed by atoms with E-state index in [4.69, 9.17) is 0 Å². The molecule has 0 radical (unpaired) electrons. The minimum absolute atomic E-state index is 0.328. The second-order valence-electron chi connectivity index (χ2n) is 4.72. The van der Waals surface area contributed by atoms with E-state index in [0.29, 0.717) is 11.3 Å². The van der Waals surface area contributed by atoms with Crippen LogP contribution in [0.3, 0.4) is 0 Å². The van der Waals surface area contributed by atoms with Gasteiger partial charge in [0.25, 0.3) is 0 Å². The molecule has 21 heavy (non-hydrogen) atoms. The SMILES string of the molecule is Cc1ccn(CCc2nc(-c3ccc(F)cc3F)cs2)n1. The topological polar surface area (TPSA) is 30.7 Å². The third-order valence-corrected chi connectivity index (χ3v) is 4.00. The van der Waals surface area contributed by atoms with Gasteiger partial charge in [-0.15, -0.1) is 11.3 Å². The zero-order valence-electron chi connectivity index (χ0n) is 11.4. The van der Waals surface area contributed by atoms with E-state index in [1.165, 1.54) is 23.5 Å². The maximum absolute atomic E-state index is 13.7. The van der Waals surface area contributed by atoms with Crippen molar-refractivity contribution in [1.29, 1.82) is 0 Å². The zero-order valence-corrected chi connectivity index (χ0v) is 12.2. The summed E-state index contributed by atoms with van der Waals surface area (Å²) < 4.78 is 28.5. The molecule has 0 aliphatic heterocycles. The van der Waals surface area contributed by atoms with Crippen molar-refractivity contribution in [3.63, 3.8) is 0 Å². The van der Waals surface area contributed by atoms with Gasteiger partial charge in [0.2, 0.25) is 0 Å². The fourth-order valence-electron chi connectivity index (χ4n) is 2.04. The molecule has 0 bridgehead atoms. The third-order valence-electron chi connectivity index (χ3n) is 3.09. The fourth-order valence-corrected chi connectivity index (χ4v) is 2.83. The third kappa shape index (κ3) is 3.16. The highest BCUT2D eigenvalue weighted by molar-refractivity contribution is 7.09. The fraction of sp³-hybridized carbons (Fsp3) is 0.200. The van der Waals surface area contributed by atoms with Gasteiger partial charge < -0.3 is 0 Å². The first-order valence-electron chi connectivity index (χ1n) is 6.52. The molecule has 3 rings (SSSR count). The van der Waals surface area contributed by atoms with E-state index >= 15 is 0 Å². The molecule has 108 valence electrons. The van der Waals surface area contributed by atoms with Gasteiger partial charge in [0.05, 0.1) is 16.4 Å². The van der Waals surface area contributed by atoms with Crippen molar-refractivity contribution in [2.24, 2.45) is 0 Å². The lowest BCUT2D eigenvalue weighted by Gasteiger charge is -2.00. The number of nitrogens with zero attached hydrogens (tertiary/aromatic N) is 3. The van der Waals surface area contributed by atoms with E-state index in [-0.39, 0.29) is 0 Å². The summed E-state index contributed by atoms with van der Waals surface area (Å²) in [6.45, 7) is 2.67. The largest absolute Gasteiger partial charge is 0.272 e. The summed E-state index contributed by atoms with van der Waals surface area (Å²) in [5.41, 5.74) is 1.85. The highest BCUT2D eigenvalue weighted by Crippen LogP contribution is 2.25. The van der Waals surface area contributed by atoms with E-state index in [1.807, 2.05) is 23.9 Å². The Morgan fingerprint density at radius 3 is 2.81 bits per heavy atom. The summed E-state index contributed by atoms with van der Waals surface area (Å²) in [5, 5.41) is 7.00. The monoisotopic (exact) mass is 305 g/mol. The molecule has 0 atom stereocenters. The first-order chi connectivity index (χ1) is 10.1. The predicted molar refractivity (Wildman–Crippen MR) is 78.1 cm³/mol. The Labute approximate surface area is 124 Å². The van der Waals surface area contributed by atoms with Crippen LogP contribution in [0.2, 0.25) is 0 Å². The quantitative estimate of drug-likeness (QED) is 0.733. The van der Waals surface area contributed by atoms with E-state index in [2.05, 4.69) is 10.1 Å². The smallest absolute Gasteiger partial charge is 0.135 e. The van der Waals surface area contributed by atoms with Crippen LogP contribution in [0.4, 0.5) is 8.78 Å². The highest BCUT2D eigenvalue weighted by atomic mass is 32.1. The van der Waals surface area contributed by atoms with E-state index < -0.39 is 11.6 Å². The molecule has 3 nitrogen and oxygen atoms in total. The molecule has 0 saturated heterocycles. The Hall–Kier alpha value is -2.08. The van der Waals surface area contributed by atoms with Crippen LogP contribution in [0.25, 0.3) is 11.3 Å². The van der Waals surface area contributed by atoms with Crippen molar-refractivity contribution >= 4 is 11.3 Å². The normalized spacial score (nSPS) is 11.0. The summed E-state index contributed by atoms with van der Waals surface area (Å²) in [6, 6.07) is 5.48. The summed E-state index contributed by atoms with van der Waals surface area (Å²) >= 11 is 1.47. The lowest BCUT2D eigenvalue weighted by molar-refractivity contribution is 0.585. The molecule has 0 N–H and O–H groups in total. The molecule has 0 unspecified atom stereocenters. The van der Waals surface area contributed by atoms with E-state index in [9.17, 15) is 8.78 Å². The van der Waals surface area contributed by atoms with E-state index in [1.54, 1.807) is 5.38 Å². The molecule has 1 aromatic carbocycles. The average Bonchev–Trinajstić information content (AvgIpc) is 3.05. The van der Waals surface area contributed by atoms with Crippen molar-refractivity contribution < 1.29 is 8.78 Å². The summed E-state index contributed by atoms with van der Waals surface area (Å²) in [5.74, 6) is -1.17. The van der Waals surface area contributed by atoms with Crippen LogP contribution < -0.4 is 0 Å². The summed E-state index contributed by atoms with van der Waals surface area (Å²) in [4.78, 5) is 4.41. The number of hydrogen-bond acceptors (Lipinski definition) is 3. The summed E-state index contributed by atoms with van der Waals surface area (Å²) in [6.07, 6.45) is 2.65. The van der Waals surface area contributed by atoms with Gasteiger partial charge >= 0.3 is 0 Å². The minimum Gasteiger partial charge on any atom is -0.272 e. The summed E-state index contributed by atoms with van der Waals surface area (Å²) in [7, 11) is 0. The maximum atomic E-state index is 13.7. The van der Waals surface area contributed by atoms with Gasteiger partial charge in [0.1, 0.15) is 11.6 Å². The Kier molecular flexibility index (Phi) is 3.79. The van der Waals surface area contributed by atoms with Crippen LogP contribution in [0.1, 0.15) is 10.7 Å². The lowest BCUT2D eigenvalue weighted by Crippen LogP contribution is -2.01. The first-order valence-corrected chi connectivity index (χ1v) is 7.39. The number of hydrogen-bond donors (Lipinski definition) is 0. The second kappa shape index (κ2) is 5.73. The van der Waals surface area contributed by atoms with Crippen LogP contribution in [0.15, 0.2) is 35.8 Å². The van der Waals surface area contributed by atoms with Crippen molar-refractivity contribution in [2.75, 3.05) is 0 Å². The number of halogens is 2. The molecule has 2 aromatic heterocycles. The Bertz CT molecular complexity index is 764. The Morgan fingerprint density at radius 1 is 1.24 bits per heavy atom. The van der Waals surface area contributed by atoms with Crippen LogP contribution in [-0.4, -0.2) is 14.8 Å². The highest BCUT2D eigenvalue weighted by Gasteiger charge is 2.10. The maximum Gasteiger partial charge on any atom is 0.135 e. The number of thiazole rings is 1. The standard InChI is InChI=1S/C15H13F2N3S/c1-10-4-6-20(19-10)7-5-15-18-14(9-21-15)12-3-2-11(16)8-13(12)17/h2-4,6,8-9H,5,7H2,1H3. The molecule has 2 heterocycles. The molecular weight excluding hydrogens is 292 g/mol. The van der Waals surface area contributed by atoms with E-state index in [0.717, 1.165) is 29.7 Å². The van der Waals surface area contributed by atoms with Crippen LogP contribution >= 0.6 is 11.3 Å². The van der Waals surface area contributed by atoms with Crippen molar-refractivity contribution in [1.82, 2.24) is 14.8 Å². The number of aromatic nitrogens is 3. The Morgan fingerprint density at radius 2 is 2.10 bits per heavy atom. The van der Waals surface area contributed by atoms with Gasteiger partial charge in [0, 0.05) is 36.2 Å². The van der Waals surface area contributed by atoms with Crippen LogP contribution in [0, 0.1) is 18.6 Å². The molecule has 0 saturated carbocycles. The lowest BCUT2D eigenvalue weighted by atomic mass is 10.1. The van der Waals surface area contributed by atoms with Crippen molar-refractivity contribution in [3.8, 4) is 11.3 Å².